The van der Waals surface area contributed by atoms with Gasteiger partial charge in [0.2, 0.25) is 23.0 Å². The molecule has 0 unspecified atom stereocenters. The average Bonchev–Trinajstić information content (AvgIpc) is 3.12. The van der Waals surface area contributed by atoms with Crippen molar-refractivity contribution >= 4 is 11.6 Å². The summed E-state index contributed by atoms with van der Waals surface area (Å²) in [4.78, 5) is 26.0. The third kappa shape index (κ3) is 5.37. The lowest BCUT2D eigenvalue weighted by atomic mass is 9.90. The first kappa shape index (κ1) is 24.3. The van der Waals surface area contributed by atoms with E-state index in [2.05, 4.69) is 12.1 Å². The molecule has 164 valence electrons. The minimum absolute atomic E-state index is 0. The van der Waals surface area contributed by atoms with E-state index in [1.165, 1.54) is 51.4 Å². The maximum absolute atomic E-state index is 13.1. The Hall–Kier alpha value is -2.01. The van der Waals surface area contributed by atoms with Crippen LogP contribution in [0.4, 0.5) is 0 Å². The molecule has 0 aliphatic heterocycles. The molecule has 30 heavy (non-hydrogen) atoms. The van der Waals surface area contributed by atoms with E-state index in [0.717, 1.165) is 12.8 Å². The van der Waals surface area contributed by atoms with Gasteiger partial charge in [-0.1, -0.05) is 82.6 Å². The predicted molar refractivity (Wildman–Crippen MR) is 113 cm³/mol. The number of carbonyl (C=O) groups excluding carboxylic acids is 2. The van der Waals surface area contributed by atoms with Gasteiger partial charge in [0, 0.05) is 11.1 Å². The highest BCUT2D eigenvalue weighted by atomic mass is 35.5. The zero-order valence-corrected chi connectivity index (χ0v) is 19.1. The van der Waals surface area contributed by atoms with Gasteiger partial charge in [-0.25, -0.2) is 0 Å². The quantitative estimate of drug-likeness (QED) is 0.325. The lowest BCUT2D eigenvalue weighted by molar-refractivity contribution is -0.757. The van der Waals surface area contributed by atoms with Gasteiger partial charge in [-0.05, 0) is 19.8 Å². The largest absolute Gasteiger partial charge is 1.00 e. The van der Waals surface area contributed by atoms with Crippen LogP contribution in [-0.2, 0) is 13.1 Å². The molecule has 6 heteroatoms. The molecule has 0 saturated heterocycles. The van der Waals surface area contributed by atoms with Gasteiger partial charge in [-0.3, -0.25) is 9.59 Å². The number of rotatable bonds is 12. The molecular weight excluding hydrogens is 398 g/mol. The Labute approximate surface area is 186 Å². The molecule has 3 rings (SSSR count). The first-order valence-electron chi connectivity index (χ1n) is 11.4. The van der Waals surface area contributed by atoms with Crippen molar-refractivity contribution in [2.75, 3.05) is 0 Å². The summed E-state index contributed by atoms with van der Waals surface area (Å²) in [6.07, 6.45) is 12.7. The summed E-state index contributed by atoms with van der Waals surface area (Å²) in [5, 5.41) is 4.56. The molecule has 0 saturated carbocycles. The number of halogens is 1. The van der Waals surface area contributed by atoms with Crippen molar-refractivity contribution in [1.82, 2.24) is 9.90 Å². The number of nitrogens with zero attached hydrogens (tertiary/aromatic N) is 3. The van der Waals surface area contributed by atoms with Crippen molar-refractivity contribution in [3.05, 3.63) is 46.8 Å². The predicted octanol–water partition coefficient (Wildman–Crippen LogP) is 1.89. The Morgan fingerprint density at radius 3 is 1.90 bits per heavy atom. The van der Waals surface area contributed by atoms with Crippen molar-refractivity contribution in [3.8, 4) is 0 Å². The zero-order chi connectivity index (χ0) is 20.6. The Balaban J connectivity index is 0.00000320. The van der Waals surface area contributed by atoms with E-state index >= 15 is 0 Å². The summed E-state index contributed by atoms with van der Waals surface area (Å²) in [7, 11) is 0. The molecule has 1 aromatic carbocycles. The van der Waals surface area contributed by atoms with E-state index in [0.29, 0.717) is 35.6 Å². The van der Waals surface area contributed by atoms with Crippen LogP contribution in [0.5, 0.6) is 0 Å². The first-order valence-corrected chi connectivity index (χ1v) is 11.4. The number of aryl methyl sites for hydroxylation is 2. The van der Waals surface area contributed by atoms with Crippen LogP contribution in [0.15, 0.2) is 24.3 Å². The maximum Gasteiger partial charge on any atom is 0.249 e. The van der Waals surface area contributed by atoms with E-state index in [9.17, 15) is 9.59 Å². The summed E-state index contributed by atoms with van der Waals surface area (Å²) in [6.45, 7) is 5.47. The highest BCUT2D eigenvalue weighted by Gasteiger charge is 2.41. The highest BCUT2D eigenvalue weighted by molar-refractivity contribution is 6.26. The van der Waals surface area contributed by atoms with E-state index in [-0.39, 0.29) is 24.0 Å². The Morgan fingerprint density at radius 1 is 0.800 bits per heavy atom. The Kier molecular flexibility index (Phi) is 9.70. The molecule has 0 amide bonds. The van der Waals surface area contributed by atoms with Crippen molar-refractivity contribution < 1.29 is 26.7 Å². The van der Waals surface area contributed by atoms with Gasteiger partial charge in [0.15, 0.2) is 0 Å². The van der Waals surface area contributed by atoms with Gasteiger partial charge in [0.1, 0.15) is 13.1 Å². The normalized spacial score (nSPS) is 12.5. The summed E-state index contributed by atoms with van der Waals surface area (Å²) in [5.74, 6) is -0.173. The standard InChI is InChI=1S/C24H34N3O2.ClH/c1-3-5-6-7-8-9-10-11-12-15-18-27-22-21(26(4-2)25-27)23(28)19-16-13-14-17-20(19)24(22)29;/h13-14,16-17H,3-12,15,18H2,1-2H3;1H/q+1;/p-1. The van der Waals surface area contributed by atoms with Crippen LogP contribution in [0.25, 0.3) is 0 Å². The van der Waals surface area contributed by atoms with Gasteiger partial charge in [-0.15, -0.1) is 9.36 Å². The number of unbranched alkanes of at least 4 members (excludes halogenated alkanes) is 9. The van der Waals surface area contributed by atoms with Gasteiger partial charge in [0.25, 0.3) is 0 Å². The van der Waals surface area contributed by atoms with Gasteiger partial charge in [-0.2, -0.15) is 0 Å². The van der Waals surface area contributed by atoms with Crippen LogP contribution in [0, 0.1) is 0 Å². The van der Waals surface area contributed by atoms with Crippen LogP contribution >= 0.6 is 0 Å². The lowest BCUT2D eigenvalue weighted by Crippen LogP contribution is -3.00. The van der Waals surface area contributed by atoms with Gasteiger partial charge < -0.3 is 12.4 Å². The minimum atomic E-state index is -0.0913. The van der Waals surface area contributed by atoms with Crippen LogP contribution in [-0.4, -0.2) is 21.5 Å². The number of hydrogen-bond acceptors (Lipinski definition) is 3. The lowest BCUT2D eigenvalue weighted by Gasteiger charge is -2.11. The molecule has 1 aromatic heterocycles. The van der Waals surface area contributed by atoms with Gasteiger partial charge in [0.05, 0.1) is 5.21 Å². The van der Waals surface area contributed by atoms with Crippen LogP contribution in [0.1, 0.15) is 110 Å². The fraction of sp³-hybridized carbons (Fsp3) is 0.583. The second kappa shape index (κ2) is 12.0. The fourth-order valence-electron chi connectivity index (χ4n) is 4.17. The average molecular weight is 432 g/mol. The topological polar surface area (TPSA) is 55.8 Å². The molecule has 2 aromatic rings. The molecule has 5 nitrogen and oxygen atoms in total. The molecule has 0 N–H and O–H groups in total. The van der Waals surface area contributed by atoms with Crippen LogP contribution in [0.3, 0.4) is 0 Å². The van der Waals surface area contributed by atoms with Crippen molar-refractivity contribution in [3.63, 3.8) is 0 Å². The molecule has 0 fully saturated rings. The second-order valence-corrected chi connectivity index (χ2v) is 8.01. The SMILES string of the molecule is CCCCCCCCCCCC[n+]1nn(CC)c2c1C(=O)c1ccccc1C2=O.[Cl-]. The molecular formula is C24H34ClN3O2. The summed E-state index contributed by atoms with van der Waals surface area (Å²) in [6, 6.07) is 7.09. The van der Waals surface area contributed by atoms with E-state index in [1.54, 1.807) is 27.6 Å². The Morgan fingerprint density at radius 2 is 1.33 bits per heavy atom. The number of benzene rings is 1. The van der Waals surface area contributed by atoms with Crippen molar-refractivity contribution in [2.45, 2.75) is 91.1 Å². The Bertz CT molecular complexity index is 860. The van der Waals surface area contributed by atoms with E-state index < -0.39 is 0 Å². The summed E-state index contributed by atoms with van der Waals surface area (Å²) in [5.41, 5.74) is 1.90. The van der Waals surface area contributed by atoms with Crippen LogP contribution < -0.4 is 17.1 Å². The van der Waals surface area contributed by atoms with Gasteiger partial charge >= 0.3 is 0 Å². The monoisotopic (exact) mass is 431 g/mol. The summed E-state index contributed by atoms with van der Waals surface area (Å²) >= 11 is 0. The third-order valence-corrected chi connectivity index (χ3v) is 5.83. The highest BCUT2D eigenvalue weighted by Crippen LogP contribution is 2.25. The molecule has 0 atom stereocenters. The van der Waals surface area contributed by atoms with E-state index in [4.69, 9.17) is 0 Å². The van der Waals surface area contributed by atoms with Crippen LogP contribution in [0.2, 0.25) is 0 Å². The van der Waals surface area contributed by atoms with Crippen molar-refractivity contribution in [1.29, 1.82) is 0 Å². The number of ketones is 2. The number of aromatic nitrogens is 3. The molecule has 1 heterocycles. The number of carbonyl (C=O) groups is 2. The van der Waals surface area contributed by atoms with E-state index in [1.807, 2.05) is 13.0 Å². The number of hydrogen-bond donors (Lipinski definition) is 0. The molecule has 1 aliphatic rings. The third-order valence-electron chi connectivity index (χ3n) is 5.83. The minimum Gasteiger partial charge on any atom is -1.00 e. The molecule has 0 radical (unpaired) electrons. The number of fused-ring (bicyclic) bond motifs is 2. The fourth-order valence-corrected chi connectivity index (χ4v) is 4.17. The smallest absolute Gasteiger partial charge is 0.249 e. The molecule has 1 aliphatic carbocycles. The first-order chi connectivity index (χ1) is 14.2. The van der Waals surface area contributed by atoms with Crippen molar-refractivity contribution in [2.24, 2.45) is 0 Å². The summed E-state index contributed by atoms with van der Waals surface area (Å²) < 4.78 is 3.45. The zero-order valence-electron chi connectivity index (χ0n) is 18.3. The second-order valence-electron chi connectivity index (χ2n) is 8.01. The maximum atomic E-state index is 13.1. The molecule has 0 bridgehead atoms. The molecule has 0 spiro atoms.